The van der Waals surface area contributed by atoms with Crippen LogP contribution >= 0.6 is 0 Å². The first-order chi connectivity index (χ1) is 8.09. The fourth-order valence-electron chi connectivity index (χ4n) is 1.47. The van der Waals surface area contributed by atoms with Gasteiger partial charge in [-0.25, -0.2) is 0 Å². The van der Waals surface area contributed by atoms with Crippen LogP contribution in [0.25, 0.3) is 0 Å². The summed E-state index contributed by atoms with van der Waals surface area (Å²) in [4.78, 5) is 13.4. The summed E-state index contributed by atoms with van der Waals surface area (Å²) < 4.78 is 4.90. The third-order valence-corrected chi connectivity index (χ3v) is 2.46. The van der Waals surface area contributed by atoms with Gasteiger partial charge in [0.25, 0.3) is 5.91 Å². The molecule has 5 nitrogen and oxygen atoms in total. The normalized spacial score (nSPS) is 10.2. The molecule has 88 valence electrons. The predicted octanol–water partition coefficient (Wildman–Crippen LogP) is 1.97. The highest BCUT2D eigenvalue weighted by Crippen LogP contribution is 2.21. The summed E-state index contributed by atoms with van der Waals surface area (Å²) in [5.74, 6) is 0.0119. The van der Waals surface area contributed by atoms with Crippen LogP contribution in [0.3, 0.4) is 0 Å². The zero-order valence-corrected chi connectivity index (χ0v) is 9.54. The van der Waals surface area contributed by atoms with E-state index in [-0.39, 0.29) is 17.4 Å². The van der Waals surface area contributed by atoms with Crippen LogP contribution in [0.1, 0.15) is 16.1 Å². The molecular formula is C12H12N2O3. The molecule has 0 radical (unpaired) electrons. The third kappa shape index (κ3) is 2.13. The number of benzene rings is 1. The van der Waals surface area contributed by atoms with Crippen molar-refractivity contribution in [2.45, 2.75) is 6.92 Å². The maximum absolute atomic E-state index is 12.0. The Morgan fingerprint density at radius 2 is 2.24 bits per heavy atom. The van der Waals surface area contributed by atoms with E-state index in [1.165, 1.54) is 17.2 Å². The minimum Gasteiger partial charge on any atom is -0.508 e. The Kier molecular flexibility index (Phi) is 2.82. The maximum Gasteiger partial charge on any atom is 0.296 e. The van der Waals surface area contributed by atoms with Crippen LogP contribution in [0, 0.1) is 6.92 Å². The van der Waals surface area contributed by atoms with Crippen molar-refractivity contribution in [1.82, 2.24) is 5.16 Å². The first-order valence-corrected chi connectivity index (χ1v) is 5.08. The van der Waals surface area contributed by atoms with Crippen molar-refractivity contribution in [2.75, 3.05) is 11.9 Å². The smallest absolute Gasteiger partial charge is 0.296 e. The van der Waals surface area contributed by atoms with Crippen molar-refractivity contribution >= 4 is 11.6 Å². The number of anilines is 1. The van der Waals surface area contributed by atoms with Crippen LogP contribution in [-0.4, -0.2) is 23.2 Å². The first kappa shape index (κ1) is 11.2. The van der Waals surface area contributed by atoms with Crippen LogP contribution in [-0.2, 0) is 0 Å². The minimum atomic E-state index is -0.300. The number of aromatic hydroxyl groups is 1. The number of aryl methyl sites for hydroxylation is 1. The van der Waals surface area contributed by atoms with E-state index in [0.717, 1.165) is 0 Å². The number of amides is 1. The number of aromatic nitrogens is 1. The molecule has 2 rings (SSSR count). The van der Waals surface area contributed by atoms with Gasteiger partial charge in [-0.1, -0.05) is 11.2 Å². The zero-order chi connectivity index (χ0) is 12.4. The molecule has 0 atom stereocenters. The van der Waals surface area contributed by atoms with E-state index in [2.05, 4.69) is 5.16 Å². The Morgan fingerprint density at radius 1 is 1.47 bits per heavy atom. The lowest BCUT2D eigenvalue weighted by Gasteiger charge is -2.15. The summed E-state index contributed by atoms with van der Waals surface area (Å²) in [6, 6.07) is 6.44. The minimum absolute atomic E-state index is 0.108. The van der Waals surface area contributed by atoms with E-state index in [9.17, 15) is 9.90 Å². The Morgan fingerprint density at radius 3 is 2.82 bits per heavy atom. The number of hydrogen-bond donors (Lipinski definition) is 1. The quantitative estimate of drug-likeness (QED) is 0.859. The van der Waals surface area contributed by atoms with Crippen LogP contribution in [0.2, 0.25) is 0 Å². The van der Waals surface area contributed by atoms with Gasteiger partial charge in [0, 0.05) is 24.4 Å². The molecule has 0 saturated carbocycles. The third-order valence-electron chi connectivity index (χ3n) is 2.46. The zero-order valence-electron chi connectivity index (χ0n) is 9.54. The fraction of sp³-hybridized carbons (Fsp3) is 0.167. The molecular weight excluding hydrogens is 220 g/mol. The van der Waals surface area contributed by atoms with Gasteiger partial charge < -0.3 is 14.5 Å². The number of phenols is 1. The summed E-state index contributed by atoms with van der Waals surface area (Å²) >= 11 is 0. The van der Waals surface area contributed by atoms with Gasteiger partial charge in [-0.15, -0.1) is 0 Å². The molecule has 0 aliphatic heterocycles. The molecule has 1 aromatic heterocycles. The largest absolute Gasteiger partial charge is 0.508 e. The van der Waals surface area contributed by atoms with Gasteiger partial charge in [-0.05, 0) is 19.1 Å². The van der Waals surface area contributed by atoms with Crippen molar-refractivity contribution in [1.29, 1.82) is 0 Å². The lowest BCUT2D eigenvalue weighted by Crippen LogP contribution is -2.26. The first-order valence-electron chi connectivity index (χ1n) is 5.08. The number of carbonyl (C=O) groups excluding carboxylic acids is 1. The molecule has 1 heterocycles. The molecule has 2 aromatic rings. The van der Waals surface area contributed by atoms with Gasteiger partial charge in [0.1, 0.15) is 5.75 Å². The second-order valence-electron chi connectivity index (χ2n) is 3.72. The number of phenolic OH excluding ortho intramolecular Hbond substituents is 1. The van der Waals surface area contributed by atoms with Gasteiger partial charge in [0.05, 0.1) is 6.20 Å². The highest BCUT2D eigenvalue weighted by Gasteiger charge is 2.19. The lowest BCUT2D eigenvalue weighted by molar-refractivity contribution is 0.0956. The molecule has 1 aromatic carbocycles. The second kappa shape index (κ2) is 4.29. The summed E-state index contributed by atoms with van der Waals surface area (Å²) in [6.45, 7) is 1.75. The van der Waals surface area contributed by atoms with E-state index in [1.54, 1.807) is 32.2 Å². The van der Waals surface area contributed by atoms with Crippen molar-refractivity contribution in [3.05, 3.63) is 41.8 Å². The van der Waals surface area contributed by atoms with Crippen molar-refractivity contribution in [3.63, 3.8) is 0 Å². The van der Waals surface area contributed by atoms with Crippen molar-refractivity contribution in [2.24, 2.45) is 0 Å². The van der Waals surface area contributed by atoms with Crippen LogP contribution < -0.4 is 4.90 Å². The topological polar surface area (TPSA) is 66.6 Å². The lowest BCUT2D eigenvalue weighted by atomic mass is 10.2. The Labute approximate surface area is 98.3 Å². The second-order valence-corrected chi connectivity index (χ2v) is 3.72. The highest BCUT2D eigenvalue weighted by atomic mass is 16.5. The maximum atomic E-state index is 12.0. The predicted molar refractivity (Wildman–Crippen MR) is 62.1 cm³/mol. The number of rotatable bonds is 2. The highest BCUT2D eigenvalue weighted by molar-refractivity contribution is 6.04. The van der Waals surface area contributed by atoms with E-state index < -0.39 is 0 Å². The Hall–Kier alpha value is -2.30. The van der Waals surface area contributed by atoms with E-state index in [1.807, 2.05) is 0 Å². The van der Waals surface area contributed by atoms with Gasteiger partial charge in [0.2, 0.25) is 5.76 Å². The van der Waals surface area contributed by atoms with Gasteiger partial charge >= 0.3 is 0 Å². The van der Waals surface area contributed by atoms with E-state index in [0.29, 0.717) is 11.3 Å². The van der Waals surface area contributed by atoms with Crippen molar-refractivity contribution < 1.29 is 14.4 Å². The monoisotopic (exact) mass is 232 g/mol. The molecule has 5 heteroatoms. The Bertz CT molecular complexity index is 548. The molecule has 0 aliphatic carbocycles. The van der Waals surface area contributed by atoms with Gasteiger partial charge in [-0.3, -0.25) is 4.79 Å². The summed E-state index contributed by atoms with van der Waals surface area (Å²) in [6.07, 6.45) is 1.49. The summed E-state index contributed by atoms with van der Waals surface area (Å²) in [5.41, 5.74) is 1.27. The van der Waals surface area contributed by atoms with Gasteiger partial charge in [-0.2, -0.15) is 0 Å². The SMILES string of the molecule is Cc1cnoc1C(=O)N(C)c1cccc(O)c1. The summed E-state index contributed by atoms with van der Waals surface area (Å²) in [5, 5.41) is 12.9. The van der Waals surface area contributed by atoms with E-state index in [4.69, 9.17) is 4.52 Å². The number of hydrogen-bond acceptors (Lipinski definition) is 4. The van der Waals surface area contributed by atoms with Crippen LogP contribution in [0.15, 0.2) is 35.0 Å². The molecule has 0 saturated heterocycles. The average molecular weight is 232 g/mol. The van der Waals surface area contributed by atoms with Crippen LogP contribution in [0.5, 0.6) is 5.75 Å². The fourth-order valence-corrected chi connectivity index (χ4v) is 1.47. The molecule has 0 aliphatic rings. The molecule has 1 N–H and O–H groups in total. The van der Waals surface area contributed by atoms with Gasteiger partial charge in [0.15, 0.2) is 0 Å². The molecule has 0 spiro atoms. The average Bonchev–Trinajstić information content (AvgIpc) is 2.73. The molecule has 0 fully saturated rings. The van der Waals surface area contributed by atoms with E-state index >= 15 is 0 Å². The molecule has 0 bridgehead atoms. The van der Waals surface area contributed by atoms with Crippen molar-refractivity contribution in [3.8, 4) is 5.75 Å². The standard InChI is InChI=1S/C12H12N2O3/c1-8-7-13-17-11(8)12(16)14(2)9-4-3-5-10(15)6-9/h3-7,15H,1-2H3. The Balaban J connectivity index is 2.30. The number of nitrogens with zero attached hydrogens (tertiary/aromatic N) is 2. The summed E-state index contributed by atoms with van der Waals surface area (Å²) in [7, 11) is 1.61. The molecule has 0 unspecified atom stereocenters. The molecule has 17 heavy (non-hydrogen) atoms. The molecule has 1 amide bonds. The van der Waals surface area contributed by atoms with Crippen LogP contribution in [0.4, 0.5) is 5.69 Å². The number of carbonyl (C=O) groups is 1.